The summed E-state index contributed by atoms with van der Waals surface area (Å²) < 4.78 is 16.9. The van der Waals surface area contributed by atoms with E-state index in [1.165, 1.54) is 26.5 Å². The lowest BCUT2D eigenvalue weighted by Crippen LogP contribution is -2.47. The quantitative estimate of drug-likeness (QED) is 0.427. The second-order valence-corrected chi connectivity index (χ2v) is 15.1. The number of nitrogens with zero attached hydrogens (tertiary/aromatic N) is 3. The van der Waals surface area contributed by atoms with Gasteiger partial charge in [0.2, 0.25) is 0 Å². The molecule has 2 fully saturated rings. The van der Waals surface area contributed by atoms with Crippen molar-refractivity contribution in [3.05, 3.63) is 28.8 Å². The number of amides is 3. The Morgan fingerprint density at radius 3 is 2.02 bits per heavy atom. The van der Waals surface area contributed by atoms with Gasteiger partial charge in [0.25, 0.3) is 11.8 Å². The molecule has 252 valence electrons. The number of ether oxygens (including phenoxy) is 1. The lowest BCUT2D eigenvalue weighted by molar-refractivity contribution is -0.146. The van der Waals surface area contributed by atoms with Crippen LogP contribution in [0, 0.1) is 12.8 Å². The molecule has 0 unspecified atom stereocenters. The fraction of sp³-hybridized carbons (Fsp3) is 0.735. The number of hydrogen-bond acceptors (Lipinski definition) is 7. The number of aliphatic hydroxyl groups excluding tert-OH is 1. The van der Waals surface area contributed by atoms with Crippen LogP contribution in [0.5, 0.6) is 0 Å². The lowest BCUT2D eigenvalue weighted by atomic mass is 9.75. The molecule has 1 aromatic carbocycles. The molecule has 0 bridgehead atoms. The number of unbranched alkanes of at least 4 members (excludes halogenated alkanes) is 1. The Bertz CT molecular complexity index is 1220. The number of aliphatic hydroxyl groups is 1. The highest BCUT2D eigenvalue weighted by molar-refractivity contribution is 6.46. The molecule has 0 aromatic heterocycles. The number of rotatable bonds is 7. The number of benzene rings is 1. The molecule has 1 saturated heterocycles. The number of carbonyl (C=O) groups is 3. The molecule has 10 nitrogen and oxygen atoms in total. The number of fused-ring (bicyclic) bond motifs is 1. The second kappa shape index (κ2) is 14.0. The van der Waals surface area contributed by atoms with Gasteiger partial charge in [-0.15, -0.1) is 0 Å². The van der Waals surface area contributed by atoms with Gasteiger partial charge in [-0.05, 0) is 86.4 Å². The molecule has 1 aromatic rings. The summed E-state index contributed by atoms with van der Waals surface area (Å²) in [7, 11) is 6.09. The zero-order valence-electron chi connectivity index (χ0n) is 29.7. The molecule has 1 N–H and O–H groups in total. The SMILES string of the molecule is CCCCB1O[C@H](C(=O)N(C)C)[C@@H](C(=O)N(C)C)O1.Cc1cc2c(cc1[C@@]1(C)C[C@H]1CO)C(C)(C)CCN2C(=O)OC(C)(C)C. The summed E-state index contributed by atoms with van der Waals surface area (Å²) in [4.78, 5) is 41.5. The first-order valence-electron chi connectivity index (χ1n) is 16.3. The monoisotopic (exact) mass is 629 g/mol. The maximum Gasteiger partial charge on any atom is 0.458 e. The third kappa shape index (κ3) is 8.40. The van der Waals surface area contributed by atoms with Crippen molar-refractivity contribution in [1.29, 1.82) is 0 Å². The smallest absolute Gasteiger partial charge is 0.443 e. The van der Waals surface area contributed by atoms with Crippen molar-refractivity contribution >= 4 is 30.7 Å². The molecule has 0 radical (unpaired) electrons. The number of hydrogen-bond donors (Lipinski definition) is 1. The summed E-state index contributed by atoms with van der Waals surface area (Å²) >= 11 is 0. The predicted molar refractivity (Wildman–Crippen MR) is 178 cm³/mol. The van der Waals surface area contributed by atoms with E-state index in [4.69, 9.17) is 14.0 Å². The Morgan fingerprint density at radius 1 is 1.02 bits per heavy atom. The van der Waals surface area contributed by atoms with E-state index in [0.717, 1.165) is 31.4 Å². The molecule has 4 rings (SSSR count). The highest BCUT2D eigenvalue weighted by Gasteiger charge is 2.52. The summed E-state index contributed by atoms with van der Waals surface area (Å²) in [6.07, 6.45) is 2.63. The topological polar surface area (TPSA) is 109 Å². The van der Waals surface area contributed by atoms with Gasteiger partial charge in [-0.25, -0.2) is 4.79 Å². The highest BCUT2D eigenvalue weighted by Crippen LogP contribution is 2.56. The summed E-state index contributed by atoms with van der Waals surface area (Å²) in [5.74, 6) is -0.133. The normalized spacial score (nSPS) is 25.1. The van der Waals surface area contributed by atoms with Crippen molar-refractivity contribution in [2.45, 2.75) is 116 Å². The fourth-order valence-corrected chi connectivity index (χ4v) is 6.17. The Balaban J connectivity index is 0.000000259. The fourth-order valence-electron chi connectivity index (χ4n) is 6.17. The molecule has 3 amide bonds. The van der Waals surface area contributed by atoms with Crippen LogP contribution in [0.4, 0.5) is 10.5 Å². The zero-order valence-corrected chi connectivity index (χ0v) is 29.7. The van der Waals surface area contributed by atoms with Crippen LogP contribution < -0.4 is 4.90 Å². The van der Waals surface area contributed by atoms with Gasteiger partial charge in [0, 0.05) is 41.3 Å². The summed E-state index contributed by atoms with van der Waals surface area (Å²) in [6, 6.07) is 4.43. The maximum atomic E-state index is 12.8. The Morgan fingerprint density at radius 2 is 1.58 bits per heavy atom. The molecule has 3 aliphatic rings. The van der Waals surface area contributed by atoms with Gasteiger partial charge in [0.1, 0.15) is 5.60 Å². The van der Waals surface area contributed by atoms with Crippen molar-refractivity contribution in [3.8, 4) is 0 Å². The molecular weight excluding hydrogens is 573 g/mol. The Kier molecular flexibility index (Phi) is 11.5. The molecule has 2 aliphatic heterocycles. The Labute approximate surface area is 270 Å². The number of anilines is 1. The number of carbonyl (C=O) groups excluding carboxylic acids is 3. The van der Waals surface area contributed by atoms with E-state index in [1.54, 1.807) is 33.1 Å². The van der Waals surface area contributed by atoms with Crippen LogP contribution in [0.3, 0.4) is 0 Å². The minimum Gasteiger partial charge on any atom is -0.443 e. The number of aryl methyl sites for hydroxylation is 1. The van der Waals surface area contributed by atoms with E-state index in [9.17, 15) is 19.5 Å². The minimum absolute atomic E-state index is 0.0102. The first-order valence-corrected chi connectivity index (χ1v) is 16.3. The molecule has 0 spiro atoms. The van der Waals surface area contributed by atoms with Crippen molar-refractivity contribution in [2.75, 3.05) is 46.2 Å². The molecule has 2 heterocycles. The molecule has 11 heteroatoms. The molecule has 45 heavy (non-hydrogen) atoms. The minimum atomic E-state index is -0.841. The van der Waals surface area contributed by atoms with Crippen molar-refractivity contribution in [3.63, 3.8) is 0 Å². The van der Waals surface area contributed by atoms with Crippen LogP contribution in [-0.4, -0.2) is 99.1 Å². The van der Waals surface area contributed by atoms with Gasteiger partial charge in [-0.3, -0.25) is 14.5 Å². The van der Waals surface area contributed by atoms with Gasteiger partial charge < -0.3 is 29.0 Å². The number of likely N-dealkylation sites (N-methyl/N-ethyl adjacent to an activating group) is 2. The van der Waals surface area contributed by atoms with Gasteiger partial charge in [0.05, 0.1) is 5.69 Å². The van der Waals surface area contributed by atoms with Crippen LogP contribution in [0.25, 0.3) is 0 Å². The zero-order chi connectivity index (χ0) is 34.1. The lowest BCUT2D eigenvalue weighted by Gasteiger charge is -2.40. The highest BCUT2D eigenvalue weighted by atomic mass is 16.7. The van der Waals surface area contributed by atoms with E-state index in [0.29, 0.717) is 18.8 Å². The summed E-state index contributed by atoms with van der Waals surface area (Å²) in [5, 5.41) is 9.59. The van der Waals surface area contributed by atoms with E-state index in [1.807, 2.05) is 20.8 Å². The summed E-state index contributed by atoms with van der Waals surface area (Å²) in [6.45, 7) is 17.5. The van der Waals surface area contributed by atoms with Gasteiger partial charge in [0.15, 0.2) is 12.2 Å². The van der Waals surface area contributed by atoms with Crippen LogP contribution in [0.15, 0.2) is 12.1 Å². The molecular formula is C34H56BN3O7. The first-order chi connectivity index (χ1) is 20.8. The van der Waals surface area contributed by atoms with Crippen molar-refractivity contribution in [1.82, 2.24) is 9.80 Å². The van der Waals surface area contributed by atoms with Crippen LogP contribution in [0.1, 0.15) is 90.8 Å². The van der Waals surface area contributed by atoms with E-state index in [-0.39, 0.29) is 35.3 Å². The molecule has 4 atom stereocenters. The first kappa shape index (κ1) is 36.8. The average molecular weight is 630 g/mol. The predicted octanol–water partition coefficient (Wildman–Crippen LogP) is 4.92. The Hall–Kier alpha value is -2.63. The van der Waals surface area contributed by atoms with E-state index >= 15 is 0 Å². The molecule has 1 saturated carbocycles. The largest absolute Gasteiger partial charge is 0.458 e. The van der Waals surface area contributed by atoms with Gasteiger partial charge in [-0.2, -0.15) is 0 Å². The average Bonchev–Trinajstić information content (AvgIpc) is 3.43. The maximum absolute atomic E-state index is 12.8. The summed E-state index contributed by atoms with van der Waals surface area (Å²) in [5.41, 5.74) is 4.24. The second-order valence-electron chi connectivity index (χ2n) is 15.1. The van der Waals surface area contributed by atoms with Gasteiger partial charge >= 0.3 is 13.2 Å². The molecule has 1 aliphatic carbocycles. The van der Waals surface area contributed by atoms with Crippen LogP contribution in [0.2, 0.25) is 6.32 Å². The van der Waals surface area contributed by atoms with E-state index in [2.05, 4.69) is 46.8 Å². The van der Waals surface area contributed by atoms with Crippen molar-refractivity contribution < 1.29 is 33.5 Å². The van der Waals surface area contributed by atoms with Crippen LogP contribution >= 0.6 is 0 Å². The van der Waals surface area contributed by atoms with Gasteiger partial charge in [-0.1, -0.05) is 46.6 Å². The van der Waals surface area contributed by atoms with Crippen molar-refractivity contribution in [2.24, 2.45) is 5.92 Å². The standard InChI is InChI=1S/C22H33NO3.C12H23BN2O4/c1-14-10-18-17(11-16(14)22(7)12-15(22)13-24)21(5,6)8-9-23(18)19(25)26-20(2,3)4;1-6-7-8-13-18-9(11(16)14(2)3)10(19-13)12(17)15(4)5/h10-11,15,24H,8-9,12-13H2,1-7H3;9-10H,6-8H2,1-5H3/t15-,22-;9-,10-/m00/s1. The van der Waals surface area contributed by atoms with E-state index < -0.39 is 24.9 Å². The van der Waals surface area contributed by atoms with Crippen LogP contribution in [-0.2, 0) is 34.5 Å². The third-order valence-electron chi connectivity index (χ3n) is 9.22. The third-order valence-corrected chi connectivity index (χ3v) is 9.22.